The van der Waals surface area contributed by atoms with Crippen LogP contribution in [0.5, 0.6) is 0 Å². The van der Waals surface area contributed by atoms with Crippen molar-refractivity contribution < 1.29 is 0 Å². The maximum Gasteiger partial charge on any atom is 0.0209 e. The van der Waals surface area contributed by atoms with E-state index in [-0.39, 0.29) is 0 Å². The van der Waals surface area contributed by atoms with E-state index in [2.05, 4.69) is 20.8 Å². The fraction of sp³-hybridized carbons (Fsp3) is 1.00. The van der Waals surface area contributed by atoms with Crippen LogP contribution in [0.3, 0.4) is 0 Å². The summed E-state index contributed by atoms with van der Waals surface area (Å²) >= 11 is 3.77. The predicted molar refractivity (Wildman–Crippen MR) is 58.2 cm³/mol. The van der Waals surface area contributed by atoms with E-state index in [1.54, 1.807) is 0 Å². The topological polar surface area (TPSA) is 3.24 Å². The first-order chi connectivity index (χ1) is 6.28. The normalized spacial score (nSPS) is 38.1. The van der Waals surface area contributed by atoms with E-state index in [4.69, 9.17) is 0 Å². The number of rotatable bonds is 2. The van der Waals surface area contributed by atoms with E-state index < -0.39 is 0 Å². The molecule has 3 aliphatic rings. The molecule has 2 heteroatoms. The van der Waals surface area contributed by atoms with Crippen LogP contribution in [0.2, 0.25) is 0 Å². The molecule has 0 N–H and O–H groups in total. The molecule has 1 spiro atoms. The fourth-order valence-electron chi connectivity index (χ4n) is 2.66. The third-order valence-electron chi connectivity index (χ3n) is 4.16. The lowest BCUT2D eigenvalue weighted by molar-refractivity contribution is 0.168. The summed E-state index contributed by atoms with van der Waals surface area (Å²) in [5.41, 5.74) is 0.750. The van der Waals surface area contributed by atoms with Gasteiger partial charge in [-0.3, -0.25) is 0 Å². The average Bonchev–Trinajstić information content (AvgIpc) is 2.99. The third-order valence-corrected chi connectivity index (χ3v) is 5.45. The monoisotopic (exact) mass is 243 g/mol. The second kappa shape index (κ2) is 2.96. The zero-order valence-electron chi connectivity index (χ0n) is 8.14. The van der Waals surface area contributed by atoms with Crippen molar-refractivity contribution in [2.75, 3.05) is 19.6 Å². The zero-order valence-corrected chi connectivity index (χ0v) is 9.72. The summed E-state index contributed by atoms with van der Waals surface area (Å²) in [5.74, 6) is 1.08. The molecule has 0 aromatic rings. The lowest BCUT2D eigenvalue weighted by Crippen LogP contribution is -2.36. The highest BCUT2D eigenvalue weighted by molar-refractivity contribution is 9.09. The Bertz CT molecular complexity index is 204. The highest BCUT2D eigenvalue weighted by atomic mass is 79.9. The van der Waals surface area contributed by atoms with Gasteiger partial charge in [0.25, 0.3) is 0 Å². The molecule has 0 bridgehead atoms. The number of nitrogens with zero attached hydrogens (tertiary/aromatic N) is 1. The van der Waals surface area contributed by atoms with E-state index in [0.29, 0.717) is 0 Å². The van der Waals surface area contributed by atoms with Crippen LogP contribution in [0, 0.1) is 11.3 Å². The lowest BCUT2D eigenvalue weighted by Gasteiger charge is -2.32. The molecule has 3 rings (SSSR count). The number of alkyl halides is 1. The van der Waals surface area contributed by atoms with E-state index in [1.807, 2.05) is 0 Å². The van der Waals surface area contributed by atoms with E-state index in [1.165, 1.54) is 51.7 Å². The van der Waals surface area contributed by atoms with Gasteiger partial charge >= 0.3 is 0 Å². The minimum absolute atomic E-state index is 0.750. The Morgan fingerprint density at radius 3 is 2.31 bits per heavy atom. The molecule has 74 valence electrons. The van der Waals surface area contributed by atoms with Crippen LogP contribution in [-0.2, 0) is 0 Å². The molecular weight excluding hydrogens is 226 g/mol. The third kappa shape index (κ3) is 1.68. The Morgan fingerprint density at radius 2 is 1.85 bits per heavy atom. The molecule has 3 fully saturated rings. The predicted octanol–water partition coefficient (Wildman–Crippen LogP) is 2.65. The van der Waals surface area contributed by atoms with E-state index in [9.17, 15) is 0 Å². The van der Waals surface area contributed by atoms with Crippen LogP contribution in [0.1, 0.15) is 32.1 Å². The van der Waals surface area contributed by atoms with Crippen LogP contribution in [0.4, 0.5) is 0 Å². The Labute approximate surface area is 89.0 Å². The molecule has 0 aromatic carbocycles. The minimum atomic E-state index is 0.750. The first-order valence-corrected chi connectivity index (χ1v) is 6.56. The summed E-state index contributed by atoms with van der Waals surface area (Å²) in [6, 6.07) is 0. The van der Waals surface area contributed by atoms with Crippen molar-refractivity contribution >= 4 is 15.9 Å². The van der Waals surface area contributed by atoms with E-state index >= 15 is 0 Å². The first-order valence-electron chi connectivity index (χ1n) is 5.65. The molecule has 2 saturated carbocycles. The molecule has 0 aromatic heterocycles. The second-order valence-corrected chi connectivity index (χ2v) is 6.38. The largest absolute Gasteiger partial charge is 0.303 e. The van der Waals surface area contributed by atoms with Crippen molar-refractivity contribution in [3.8, 4) is 0 Å². The van der Waals surface area contributed by atoms with Crippen LogP contribution < -0.4 is 0 Å². The van der Waals surface area contributed by atoms with Crippen molar-refractivity contribution in [1.82, 2.24) is 4.90 Å². The van der Waals surface area contributed by atoms with Gasteiger partial charge in [-0.05, 0) is 56.5 Å². The van der Waals surface area contributed by atoms with Gasteiger partial charge in [-0.25, -0.2) is 0 Å². The van der Waals surface area contributed by atoms with Gasteiger partial charge in [0.05, 0.1) is 0 Å². The summed E-state index contributed by atoms with van der Waals surface area (Å²) in [6.07, 6.45) is 7.36. The summed E-state index contributed by atoms with van der Waals surface area (Å²) < 4.78 is 0. The molecule has 1 aliphatic heterocycles. The summed E-state index contributed by atoms with van der Waals surface area (Å²) in [7, 11) is 0. The maximum atomic E-state index is 3.77. The molecule has 1 nitrogen and oxygen atoms in total. The van der Waals surface area contributed by atoms with Crippen LogP contribution in [0.25, 0.3) is 0 Å². The molecule has 0 amide bonds. The first kappa shape index (κ1) is 8.72. The van der Waals surface area contributed by atoms with E-state index in [0.717, 1.165) is 16.2 Å². The molecule has 2 aliphatic carbocycles. The number of halogens is 1. The fourth-order valence-corrected chi connectivity index (χ4v) is 3.76. The SMILES string of the molecule is BrC1CC12CCN(CC1CC1)CC2. The smallest absolute Gasteiger partial charge is 0.0209 e. The number of hydrogen-bond donors (Lipinski definition) is 0. The maximum absolute atomic E-state index is 3.77. The molecule has 0 radical (unpaired) electrons. The standard InChI is InChI=1S/C11H18BrN/c12-10-7-11(10)3-5-13(6-4-11)8-9-1-2-9/h9-10H,1-8H2. The molecule has 1 atom stereocenters. The molecule has 1 unspecified atom stereocenters. The summed E-state index contributed by atoms with van der Waals surface area (Å²) in [6.45, 7) is 4.15. The van der Waals surface area contributed by atoms with Gasteiger partial charge in [0.2, 0.25) is 0 Å². The van der Waals surface area contributed by atoms with Gasteiger partial charge < -0.3 is 4.90 Å². The molecule has 1 saturated heterocycles. The van der Waals surface area contributed by atoms with Gasteiger partial charge in [0.1, 0.15) is 0 Å². The Morgan fingerprint density at radius 1 is 1.23 bits per heavy atom. The lowest BCUT2D eigenvalue weighted by atomic mass is 9.93. The summed E-state index contributed by atoms with van der Waals surface area (Å²) in [4.78, 5) is 3.56. The molecular formula is C11H18BrN. The molecule has 1 heterocycles. The second-order valence-electron chi connectivity index (χ2n) is 5.28. The van der Waals surface area contributed by atoms with Crippen LogP contribution in [0.15, 0.2) is 0 Å². The van der Waals surface area contributed by atoms with Crippen LogP contribution in [-0.4, -0.2) is 29.4 Å². The Balaban J connectivity index is 1.49. The van der Waals surface area contributed by atoms with Gasteiger partial charge in [0.15, 0.2) is 0 Å². The van der Waals surface area contributed by atoms with Crippen molar-refractivity contribution in [2.45, 2.75) is 36.9 Å². The highest BCUT2D eigenvalue weighted by Crippen LogP contribution is 2.58. The van der Waals surface area contributed by atoms with Gasteiger partial charge in [0, 0.05) is 11.4 Å². The van der Waals surface area contributed by atoms with Crippen molar-refractivity contribution in [2.24, 2.45) is 11.3 Å². The van der Waals surface area contributed by atoms with Crippen LogP contribution >= 0.6 is 15.9 Å². The Hall–Kier alpha value is 0.440. The highest BCUT2D eigenvalue weighted by Gasteiger charge is 2.53. The van der Waals surface area contributed by atoms with Gasteiger partial charge in [-0.1, -0.05) is 15.9 Å². The Kier molecular flexibility index (Phi) is 1.99. The van der Waals surface area contributed by atoms with Crippen molar-refractivity contribution in [1.29, 1.82) is 0 Å². The number of piperidine rings is 1. The quantitative estimate of drug-likeness (QED) is 0.675. The van der Waals surface area contributed by atoms with Gasteiger partial charge in [-0.15, -0.1) is 0 Å². The summed E-state index contributed by atoms with van der Waals surface area (Å²) in [5, 5.41) is 0. The van der Waals surface area contributed by atoms with Crippen molar-refractivity contribution in [3.63, 3.8) is 0 Å². The minimum Gasteiger partial charge on any atom is -0.303 e. The number of hydrogen-bond acceptors (Lipinski definition) is 1. The average molecular weight is 244 g/mol. The van der Waals surface area contributed by atoms with Crippen molar-refractivity contribution in [3.05, 3.63) is 0 Å². The van der Waals surface area contributed by atoms with Gasteiger partial charge in [-0.2, -0.15) is 0 Å². The number of likely N-dealkylation sites (tertiary alicyclic amines) is 1. The molecule has 13 heavy (non-hydrogen) atoms. The zero-order chi connectivity index (χ0) is 8.89.